The number of nitrogens with one attached hydrogen (secondary N) is 2. The SMILES string of the molecule is CC(=O)c1c(C)[nH]c(C(=O)NC(C)(C)C)c1C. The van der Waals surface area contributed by atoms with Crippen LogP contribution in [-0.4, -0.2) is 22.2 Å². The zero-order chi connectivity index (χ0) is 13.4. The van der Waals surface area contributed by atoms with Crippen LogP contribution in [0.5, 0.6) is 0 Å². The van der Waals surface area contributed by atoms with Gasteiger partial charge in [0.2, 0.25) is 0 Å². The third-order valence-electron chi connectivity index (χ3n) is 2.51. The molecule has 17 heavy (non-hydrogen) atoms. The summed E-state index contributed by atoms with van der Waals surface area (Å²) in [6.45, 7) is 10.9. The summed E-state index contributed by atoms with van der Waals surface area (Å²) in [6.07, 6.45) is 0. The van der Waals surface area contributed by atoms with Crippen LogP contribution < -0.4 is 5.32 Å². The third-order valence-corrected chi connectivity index (χ3v) is 2.51. The summed E-state index contributed by atoms with van der Waals surface area (Å²) in [5, 5.41) is 2.87. The average Bonchev–Trinajstić information content (AvgIpc) is 2.38. The molecule has 94 valence electrons. The summed E-state index contributed by atoms with van der Waals surface area (Å²) < 4.78 is 0. The van der Waals surface area contributed by atoms with Crippen molar-refractivity contribution in [2.75, 3.05) is 0 Å². The highest BCUT2D eigenvalue weighted by atomic mass is 16.2. The fourth-order valence-corrected chi connectivity index (χ4v) is 1.91. The van der Waals surface area contributed by atoms with Gasteiger partial charge in [-0.25, -0.2) is 0 Å². The second-order valence-electron chi connectivity index (χ2n) is 5.39. The van der Waals surface area contributed by atoms with E-state index in [4.69, 9.17) is 0 Å². The van der Waals surface area contributed by atoms with Crippen molar-refractivity contribution in [1.82, 2.24) is 10.3 Å². The van der Waals surface area contributed by atoms with Gasteiger partial charge in [0.1, 0.15) is 5.69 Å². The molecule has 1 rings (SSSR count). The fraction of sp³-hybridized carbons (Fsp3) is 0.538. The first-order valence-corrected chi connectivity index (χ1v) is 5.66. The molecular formula is C13H20N2O2. The van der Waals surface area contributed by atoms with E-state index in [0.29, 0.717) is 11.3 Å². The lowest BCUT2D eigenvalue weighted by Gasteiger charge is -2.20. The lowest BCUT2D eigenvalue weighted by molar-refractivity contribution is 0.0914. The van der Waals surface area contributed by atoms with E-state index in [0.717, 1.165) is 11.3 Å². The standard InChI is InChI=1S/C13H20N2O2/c1-7-10(9(3)16)8(2)14-11(7)12(17)15-13(4,5)6/h14H,1-6H3,(H,15,17). The number of carbonyl (C=O) groups is 2. The van der Waals surface area contributed by atoms with E-state index >= 15 is 0 Å². The van der Waals surface area contributed by atoms with E-state index < -0.39 is 0 Å². The molecule has 4 nitrogen and oxygen atoms in total. The largest absolute Gasteiger partial charge is 0.354 e. The topological polar surface area (TPSA) is 62.0 Å². The third kappa shape index (κ3) is 2.96. The van der Waals surface area contributed by atoms with Gasteiger partial charge in [-0.15, -0.1) is 0 Å². The van der Waals surface area contributed by atoms with Gasteiger partial charge in [-0.2, -0.15) is 0 Å². The second-order valence-corrected chi connectivity index (χ2v) is 5.39. The molecule has 0 fully saturated rings. The molecule has 4 heteroatoms. The van der Waals surface area contributed by atoms with Crippen molar-refractivity contribution in [1.29, 1.82) is 0 Å². The second kappa shape index (κ2) is 4.35. The van der Waals surface area contributed by atoms with Crippen molar-refractivity contribution >= 4 is 11.7 Å². The van der Waals surface area contributed by atoms with Crippen LogP contribution in [0.1, 0.15) is 59.8 Å². The summed E-state index contributed by atoms with van der Waals surface area (Å²) in [5.41, 5.74) is 2.26. The van der Waals surface area contributed by atoms with Gasteiger partial charge >= 0.3 is 0 Å². The van der Waals surface area contributed by atoms with E-state index in [1.807, 2.05) is 20.8 Å². The molecule has 0 unspecified atom stereocenters. The van der Waals surface area contributed by atoms with Crippen molar-refractivity contribution < 1.29 is 9.59 Å². The first-order chi connectivity index (χ1) is 7.63. The Morgan fingerprint density at radius 1 is 1.18 bits per heavy atom. The van der Waals surface area contributed by atoms with E-state index in [-0.39, 0.29) is 17.2 Å². The number of ketones is 1. The molecule has 0 aromatic carbocycles. The maximum absolute atomic E-state index is 12.0. The summed E-state index contributed by atoms with van der Waals surface area (Å²) in [4.78, 5) is 26.5. The fourth-order valence-electron chi connectivity index (χ4n) is 1.91. The Hall–Kier alpha value is -1.58. The first kappa shape index (κ1) is 13.5. The highest BCUT2D eigenvalue weighted by Gasteiger charge is 2.22. The number of carbonyl (C=O) groups excluding carboxylic acids is 2. The van der Waals surface area contributed by atoms with Gasteiger partial charge in [0.15, 0.2) is 5.78 Å². The number of hydrogen-bond donors (Lipinski definition) is 2. The lowest BCUT2D eigenvalue weighted by atomic mass is 10.1. The van der Waals surface area contributed by atoms with Crippen LogP contribution in [0.15, 0.2) is 0 Å². The van der Waals surface area contributed by atoms with Gasteiger partial charge in [-0.3, -0.25) is 9.59 Å². The van der Waals surface area contributed by atoms with Crippen LogP contribution in [0, 0.1) is 13.8 Å². The highest BCUT2D eigenvalue weighted by Crippen LogP contribution is 2.18. The summed E-state index contributed by atoms with van der Waals surface area (Å²) in [7, 11) is 0. The molecule has 1 aromatic heterocycles. The molecule has 0 aliphatic rings. The Labute approximate surface area is 102 Å². The monoisotopic (exact) mass is 236 g/mol. The molecule has 0 aliphatic carbocycles. The van der Waals surface area contributed by atoms with E-state index in [2.05, 4.69) is 10.3 Å². The van der Waals surface area contributed by atoms with Crippen molar-refractivity contribution in [2.45, 2.75) is 47.1 Å². The Morgan fingerprint density at radius 2 is 1.71 bits per heavy atom. The molecule has 0 bridgehead atoms. The van der Waals surface area contributed by atoms with Crippen molar-refractivity contribution in [3.8, 4) is 0 Å². The first-order valence-electron chi connectivity index (χ1n) is 5.66. The van der Waals surface area contributed by atoms with Crippen molar-refractivity contribution in [2.24, 2.45) is 0 Å². The minimum absolute atomic E-state index is 0.0222. The van der Waals surface area contributed by atoms with Crippen LogP contribution in [0.25, 0.3) is 0 Å². The predicted molar refractivity (Wildman–Crippen MR) is 67.5 cm³/mol. The maximum Gasteiger partial charge on any atom is 0.268 e. The van der Waals surface area contributed by atoms with Crippen molar-refractivity contribution in [3.05, 3.63) is 22.5 Å². The number of amides is 1. The molecule has 2 N–H and O–H groups in total. The zero-order valence-electron chi connectivity index (χ0n) is 11.3. The highest BCUT2D eigenvalue weighted by molar-refractivity contribution is 6.02. The zero-order valence-corrected chi connectivity index (χ0v) is 11.3. The van der Waals surface area contributed by atoms with Crippen LogP contribution in [0.2, 0.25) is 0 Å². The molecule has 1 aromatic rings. The van der Waals surface area contributed by atoms with E-state index in [9.17, 15) is 9.59 Å². The van der Waals surface area contributed by atoms with Crippen LogP contribution in [0.4, 0.5) is 0 Å². The van der Waals surface area contributed by atoms with Crippen molar-refractivity contribution in [3.63, 3.8) is 0 Å². The van der Waals surface area contributed by atoms with Gasteiger partial charge in [0.25, 0.3) is 5.91 Å². The Bertz CT molecular complexity index is 464. The van der Waals surface area contributed by atoms with Gasteiger partial charge in [-0.05, 0) is 47.1 Å². The van der Waals surface area contributed by atoms with Gasteiger partial charge < -0.3 is 10.3 Å². The minimum atomic E-state index is -0.293. The van der Waals surface area contributed by atoms with Gasteiger partial charge in [-0.1, -0.05) is 0 Å². The Balaban J connectivity index is 3.13. The maximum atomic E-state index is 12.0. The lowest BCUT2D eigenvalue weighted by Crippen LogP contribution is -2.41. The van der Waals surface area contributed by atoms with Crippen LogP contribution >= 0.6 is 0 Å². The quantitative estimate of drug-likeness (QED) is 0.774. The summed E-state index contributed by atoms with van der Waals surface area (Å²) in [6, 6.07) is 0. The number of aromatic nitrogens is 1. The molecular weight excluding hydrogens is 216 g/mol. The molecule has 0 saturated carbocycles. The molecule has 0 aliphatic heterocycles. The molecule has 0 saturated heterocycles. The average molecular weight is 236 g/mol. The van der Waals surface area contributed by atoms with Crippen LogP contribution in [0.3, 0.4) is 0 Å². The number of Topliss-reactive ketones (excluding diaryl/α,β-unsaturated/α-hetero) is 1. The van der Waals surface area contributed by atoms with E-state index in [1.54, 1.807) is 13.8 Å². The number of hydrogen-bond acceptors (Lipinski definition) is 2. The molecule has 0 atom stereocenters. The van der Waals surface area contributed by atoms with E-state index in [1.165, 1.54) is 6.92 Å². The molecule has 1 heterocycles. The Kier molecular flexibility index (Phi) is 3.45. The summed E-state index contributed by atoms with van der Waals surface area (Å²) in [5.74, 6) is -0.198. The number of H-pyrrole nitrogens is 1. The van der Waals surface area contributed by atoms with Gasteiger partial charge in [0, 0.05) is 16.8 Å². The Morgan fingerprint density at radius 3 is 2.06 bits per heavy atom. The number of aryl methyl sites for hydroxylation is 1. The molecule has 0 radical (unpaired) electrons. The van der Waals surface area contributed by atoms with Crippen LogP contribution in [-0.2, 0) is 0 Å². The molecule has 1 amide bonds. The summed E-state index contributed by atoms with van der Waals surface area (Å²) >= 11 is 0. The number of rotatable bonds is 2. The molecule has 0 spiro atoms. The normalized spacial score (nSPS) is 11.4. The predicted octanol–water partition coefficient (Wildman–Crippen LogP) is 2.36. The minimum Gasteiger partial charge on any atom is -0.354 e. The van der Waals surface area contributed by atoms with Gasteiger partial charge in [0.05, 0.1) is 0 Å². The smallest absolute Gasteiger partial charge is 0.268 e. The number of aromatic amines is 1.